The molecule has 5 heteroatoms. The van der Waals surface area contributed by atoms with E-state index in [2.05, 4.69) is 21.2 Å². The number of hydrogen-bond acceptors (Lipinski definition) is 4. The Labute approximate surface area is 94.6 Å². The first-order chi connectivity index (χ1) is 6.77. The fourth-order valence-electron chi connectivity index (χ4n) is 1.34. The number of morpholine rings is 1. The molecule has 2 heterocycles. The van der Waals surface area contributed by atoms with E-state index in [1.807, 2.05) is 12.1 Å². The Morgan fingerprint density at radius 2 is 2.50 bits per heavy atom. The highest BCUT2D eigenvalue weighted by molar-refractivity contribution is 9.11. The third kappa shape index (κ3) is 2.23. The molecule has 1 N–H and O–H groups in total. The summed E-state index contributed by atoms with van der Waals surface area (Å²) in [4.78, 5) is 12.6. The summed E-state index contributed by atoms with van der Waals surface area (Å²) in [5.74, 6) is 0.0768. The number of carbonyl (C=O) groups is 1. The third-order valence-electron chi connectivity index (χ3n) is 2.04. The summed E-state index contributed by atoms with van der Waals surface area (Å²) >= 11 is 4.78. The number of hydrogen-bond donors (Lipinski definition) is 1. The molecule has 0 spiro atoms. The van der Waals surface area contributed by atoms with Gasteiger partial charge < -0.3 is 10.1 Å². The van der Waals surface area contributed by atoms with Gasteiger partial charge >= 0.3 is 0 Å². The van der Waals surface area contributed by atoms with Crippen molar-refractivity contribution < 1.29 is 9.53 Å². The van der Waals surface area contributed by atoms with Crippen LogP contribution in [0.15, 0.2) is 15.9 Å². The highest BCUT2D eigenvalue weighted by Crippen LogP contribution is 2.23. The van der Waals surface area contributed by atoms with Gasteiger partial charge in [0.1, 0.15) is 6.10 Å². The van der Waals surface area contributed by atoms with Crippen LogP contribution in [0.25, 0.3) is 0 Å². The first kappa shape index (κ1) is 10.3. The largest absolute Gasteiger partial charge is 0.367 e. The van der Waals surface area contributed by atoms with Crippen LogP contribution in [0.2, 0.25) is 0 Å². The summed E-state index contributed by atoms with van der Waals surface area (Å²) in [7, 11) is 0. The van der Waals surface area contributed by atoms with E-state index >= 15 is 0 Å². The lowest BCUT2D eigenvalue weighted by atomic mass is 10.2. The van der Waals surface area contributed by atoms with Crippen molar-refractivity contribution in [1.29, 1.82) is 0 Å². The molecule has 0 aliphatic carbocycles. The predicted molar refractivity (Wildman–Crippen MR) is 59.0 cm³/mol. The van der Waals surface area contributed by atoms with Gasteiger partial charge in [-0.25, -0.2) is 0 Å². The third-order valence-corrected chi connectivity index (χ3v) is 3.67. The molecule has 1 aliphatic heterocycles. The minimum absolute atomic E-state index is 0.0768. The SMILES string of the molecule is O=C(c1ccc(Br)s1)C1CNCCO1. The van der Waals surface area contributed by atoms with Crippen molar-refractivity contribution in [1.82, 2.24) is 5.32 Å². The molecule has 1 saturated heterocycles. The highest BCUT2D eigenvalue weighted by atomic mass is 79.9. The highest BCUT2D eigenvalue weighted by Gasteiger charge is 2.23. The van der Waals surface area contributed by atoms with E-state index in [-0.39, 0.29) is 11.9 Å². The molecule has 1 aromatic heterocycles. The van der Waals surface area contributed by atoms with E-state index in [0.717, 1.165) is 15.2 Å². The Balaban J connectivity index is 2.07. The fraction of sp³-hybridized carbons (Fsp3) is 0.444. The Morgan fingerprint density at radius 1 is 1.64 bits per heavy atom. The monoisotopic (exact) mass is 275 g/mol. The van der Waals surface area contributed by atoms with Crippen LogP contribution in [0.5, 0.6) is 0 Å². The quantitative estimate of drug-likeness (QED) is 0.835. The molecule has 0 amide bonds. The lowest BCUT2D eigenvalue weighted by molar-refractivity contribution is 0.0272. The topological polar surface area (TPSA) is 38.3 Å². The van der Waals surface area contributed by atoms with Gasteiger partial charge in [0.15, 0.2) is 0 Å². The second-order valence-corrected chi connectivity index (χ2v) is 5.49. The smallest absolute Gasteiger partial charge is 0.202 e. The molecule has 1 aromatic rings. The summed E-state index contributed by atoms with van der Waals surface area (Å²) in [5, 5.41) is 3.14. The van der Waals surface area contributed by atoms with Gasteiger partial charge in [0, 0.05) is 13.1 Å². The maximum atomic E-state index is 11.8. The summed E-state index contributed by atoms with van der Waals surface area (Å²) in [5.41, 5.74) is 0. The van der Waals surface area contributed by atoms with Crippen molar-refractivity contribution in [2.24, 2.45) is 0 Å². The van der Waals surface area contributed by atoms with Crippen molar-refractivity contribution in [2.75, 3.05) is 19.7 Å². The van der Waals surface area contributed by atoms with Gasteiger partial charge in [0.2, 0.25) is 5.78 Å². The van der Waals surface area contributed by atoms with Crippen LogP contribution >= 0.6 is 27.3 Å². The molecular weight excluding hydrogens is 266 g/mol. The summed E-state index contributed by atoms with van der Waals surface area (Å²) in [6, 6.07) is 3.71. The van der Waals surface area contributed by atoms with E-state index in [1.165, 1.54) is 11.3 Å². The van der Waals surface area contributed by atoms with Crippen LogP contribution in [0.3, 0.4) is 0 Å². The number of Topliss-reactive ketones (excluding diaryl/α,β-unsaturated/α-hetero) is 1. The average molecular weight is 276 g/mol. The number of ether oxygens (including phenoxy) is 1. The Morgan fingerprint density at radius 3 is 3.07 bits per heavy atom. The lowest BCUT2D eigenvalue weighted by Crippen LogP contribution is -2.42. The standard InChI is InChI=1S/C9H10BrNO2S/c10-8-2-1-7(14-8)9(12)6-5-11-3-4-13-6/h1-2,6,11H,3-5H2. The molecule has 0 saturated carbocycles. The first-order valence-electron chi connectivity index (χ1n) is 4.39. The van der Waals surface area contributed by atoms with Crippen molar-refractivity contribution >= 4 is 33.0 Å². The molecule has 0 bridgehead atoms. The van der Waals surface area contributed by atoms with E-state index in [4.69, 9.17) is 4.74 Å². The zero-order valence-electron chi connectivity index (χ0n) is 7.46. The van der Waals surface area contributed by atoms with Crippen LogP contribution in [-0.4, -0.2) is 31.6 Å². The summed E-state index contributed by atoms with van der Waals surface area (Å²) in [6.45, 7) is 2.06. The maximum absolute atomic E-state index is 11.8. The number of halogens is 1. The zero-order chi connectivity index (χ0) is 9.97. The molecule has 76 valence electrons. The molecule has 1 atom stereocenters. The second kappa shape index (κ2) is 4.53. The molecule has 14 heavy (non-hydrogen) atoms. The van der Waals surface area contributed by atoms with Crippen LogP contribution in [-0.2, 0) is 4.74 Å². The number of nitrogens with one attached hydrogen (secondary N) is 1. The first-order valence-corrected chi connectivity index (χ1v) is 6.00. The van der Waals surface area contributed by atoms with Gasteiger partial charge in [-0.1, -0.05) is 0 Å². The normalized spacial score (nSPS) is 22.2. The molecule has 0 radical (unpaired) electrons. The Kier molecular flexibility index (Phi) is 3.33. The van der Waals surface area contributed by atoms with Gasteiger partial charge in [0.25, 0.3) is 0 Å². The van der Waals surface area contributed by atoms with Crippen molar-refractivity contribution in [3.8, 4) is 0 Å². The summed E-state index contributed by atoms with van der Waals surface area (Å²) in [6.07, 6.45) is -0.311. The zero-order valence-corrected chi connectivity index (χ0v) is 9.86. The van der Waals surface area contributed by atoms with E-state index in [1.54, 1.807) is 0 Å². The fourth-order valence-corrected chi connectivity index (χ4v) is 2.71. The summed E-state index contributed by atoms with van der Waals surface area (Å²) < 4.78 is 6.36. The minimum Gasteiger partial charge on any atom is -0.367 e. The van der Waals surface area contributed by atoms with E-state index < -0.39 is 0 Å². The molecule has 3 nitrogen and oxygen atoms in total. The lowest BCUT2D eigenvalue weighted by Gasteiger charge is -2.21. The average Bonchev–Trinajstić information content (AvgIpc) is 2.65. The van der Waals surface area contributed by atoms with Crippen LogP contribution in [0.4, 0.5) is 0 Å². The van der Waals surface area contributed by atoms with Gasteiger partial charge in [-0.15, -0.1) is 11.3 Å². The molecule has 1 aliphatic rings. The van der Waals surface area contributed by atoms with E-state index in [0.29, 0.717) is 13.2 Å². The number of thiophene rings is 1. The van der Waals surface area contributed by atoms with Crippen LogP contribution in [0, 0.1) is 0 Å². The Hall–Kier alpha value is -0.230. The Bertz CT molecular complexity index is 333. The molecule has 1 fully saturated rings. The van der Waals surface area contributed by atoms with Crippen LogP contribution in [0.1, 0.15) is 9.67 Å². The van der Waals surface area contributed by atoms with Gasteiger partial charge in [-0.3, -0.25) is 4.79 Å². The second-order valence-electron chi connectivity index (χ2n) is 3.03. The number of rotatable bonds is 2. The minimum atomic E-state index is -0.311. The van der Waals surface area contributed by atoms with Crippen molar-refractivity contribution in [2.45, 2.75) is 6.10 Å². The van der Waals surface area contributed by atoms with Crippen molar-refractivity contribution in [3.63, 3.8) is 0 Å². The molecule has 1 unspecified atom stereocenters. The molecule has 2 rings (SSSR count). The number of ketones is 1. The maximum Gasteiger partial charge on any atom is 0.202 e. The molecule has 0 aromatic carbocycles. The van der Waals surface area contributed by atoms with Gasteiger partial charge in [-0.2, -0.15) is 0 Å². The molecular formula is C9H10BrNO2S. The van der Waals surface area contributed by atoms with Gasteiger partial charge in [0.05, 0.1) is 15.3 Å². The number of carbonyl (C=O) groups excluding carboxylic acids is 1. The van der Waals surface area contributed by atoms with E-state index in [9.17, 15) is 4.79 Å². The van der Waals surface area contributed by atoms with Gasteiger partial charge in [-0.05, 0) is 28.1 Å². The van der Waals surface area contributed by atoms with Crippen molar-refractivity contribution in [3.05, 3.63) is 20.8 Å². The predicted octanol–water partition coefficient (Wildman–Crippen LogP) is 1.68. The van der Waals surface area contributed by atoms with Crippen LogP contribution < -0.4 is 5.32 Å².